The average molecular weight is 410 g/mol. The molecule has 1 N–H and O–H groups in total. The minimum absolute atomic E-state index is 0.204. The Kier molecular flexibility index (Phi) is 4.92. The Morgan fingerprint density at radius 2 is 1.86 bits per heavy atom. The van der Waals surface area contributed by atoms with Gasteiger partial charge in [0.2, 0.25) is 5.91 Å². The van der Waals surface area contributed by atoms with E-state index in [1.165, 1.54) is 10.6 Å². The first-order valence-electron chi connectivity index (χ1n) is 9.43. The van der Waals surface area contributed by atoms with E-state index >= 15 is 0 Å². The van der Waals surface area contributed by atoms with Crippen LogP contribution in [0.15, 0.2) is 70.2 Å². The summed E-state index contributed by atoms with van der Waals surface area (Å²) in [6, 6.07) is 16.1. The maximum atomic E-state index is 13.3. The maximum absolute atomic E-state index is 13.3. The average Bonchev–Trinajstić information content (AvgIpc) is 3.23. The molecule has 0 aliphatic carbocycles. The molecule has 0 unspecified atom stereocenters. The standard InChI is InChI=1S/C22H22N2O4S/c1-15(2)16-9-10-20-19(12-16)18-7-3-4-8-21(18)29(26,27)24(20)14-22(25)23-13-17-6-5-11-28-17/h3-12,15H,13-14H2,1-2H3,(H,23,25). The Morgan fingerprint density at radius 1 is 1.07 bits per heavy atom. The summed E-state index contributed by atoms with van der Waals surface area (Å²) >= 11 is 0. The van der Waals surface area contributed by atoms with Gasteiger partial charge in [-0.1, -0.05) is 38.1 Å². The largest absolute Gasteiger partial charge is 0.467 e. The van der Waals surface area contributed by atoms with Gasteiger partial charge in [0.15, 0.2) is 0 Å². The fourth-order valence-corrected chi connectivity index (χ4v) is 5.11. The molecular formula is C22H22N2O4S. The van der Waals surface area contributed by atoms with Crippen molar-refractivity contribution in [2.45, 2.75) is 31.2 Å². The second kappa shape index (κ2) is 7.40. The number of hydrogen-bond acceptors (Lipinski definition) is 4. The SMILES string of the molecule is CC(C)c1ccc2c(c1)-c1ccccc1S(=O)(=O)N2CC(=O)NCc1ccco1. The molecule has 0 radical (unpaired) electrons. The Hall–Kier alpha value is -3.06. The van der Waals surface area contributed by atoms with Crippen LogP contribution in [-0.4, -0.2) is 20.9 Å². The topological polar surface area (TPSA) is 79.6 Å². The zero-order valence-electron chi connectivity index (χ0n) is 16.3. The van der Waals surface area contributed by atoms with Gasteiger partial charge >= 0.3 is 0 Å². The van der Waals surface area contributed by atoms with Gasteiger partial charge in [-0.25, -0.2) is 8.42 Å². The molecule has 2 aromatic carbocycles. The van der Waals surface area contributed by atoms with Gasteiger partial charge in [0.05, 0.1) is 23.4 Å². The van der Waals surface area contributed by atoms with Crippen LogP contribution in [0.5, 0.6) is 0 Å². The number of nitrogens with one attached hydrogen (secondary N) is 1. The van der Waals surface area contributed by atoms with Crippen LogP contribution < -0.4 is 9.62 Å². The van der Waals surface area contributed by atoms with Gasteiger partial charge in [0.1, 0.15) is 12.3 Å². The number of carbonyl (C=O) groups excluding carboxylic acids is 1. The van der Waals surface area contributed by atoms with Crippen molar-refractivity contribution in [1.82, 2.24) is 5.32 Å². The predicted octanol–water partition coefficient (Wildman–Crippen LogP) is 3.90. The van der Waals surface area contributed by atoms with E-state index in [1.807, 2.05) is 24.3 Å². The van der Waals surface area contributed by atoms with Gasteiger partial charge in [-0.2, -0.15) is 0 Å². The molecule has 0 fully saturated rings. The summed E-state index contributed by atoms with van der Waals surface area (Å²) in [4.78, 5) is 12.7. The number of amides is 1. The number of anilines is 1. The maximum Gasteiger partial charge on any atom is 0.265 e. The fraction of sp³-hybridized carbons (Fsp3) is 0.227. The van der Waals surface area contributed by atoms with E-state index in [0.29, 0.717) is 22.9 Å². The smallest absolute Gasteiger partial charge is 0.265 e. The van der Waals surface area contributed by atoms with Crippen LogP contribution >= 0.6 is 0 Å². The number of carbonyl (C=O) groups is 1. The van der Waals surface area contributed by atoms with Crippen molar-refractivity contribution in [3.8, 4) is 11.1 Å². The molecule has 1 aromatic heterocycles. The van der Waals surface area contributed by atoms with E-state index in [-0.39, 0.29) is 18.0 Å². The molecule has 29 heavy (non-hydrogen) atoms. The van der Waals surface area contributed by atoms with Gasteiger partial charge in [0.25, 0.3) is 10.0 Å². The van der Waals surface area contributed by atoms with E-state index < -0.39 is 15.9 Å². The minimum atomic E-state index is -3.85. The van der Waals surface area contributed by atoms with Crippen molar-refractivity contribution >= 4 is 21.6 Å². The summed E-state index contributed by atoms with van der Waals surface area (Å²) in [6.07, 6.45) is 1.52. The third-order valence-electron chi connectivity index (χ3n) is 5.03. The van der Waals surface area contributed by atoms with Crippen LogP contribution in [0.3, 0.4) is 0 Å². The first kappa shape index (κ1) is 19.3. The highest BCUT2D eigenvalue weighted by Gasteiger charge is 2.36. The van der Waals surface area contributed by atoms with Crippen molar-refractivity contribution in [1.29, 1.82) is 0 Å². The molecule has 0 saturated carbocycles. The summed E-state index contributed by atoms with van der Waals surface area (Å²) in [5, 5.41) is 2.72. The molecule has 4 rings (SSSR count). The highest BCUT2D eigenvalue weighted by molar-refractivity contribution is 7.93. The third kappa shape index (κ3) is 3.53. The molecule has 2 heterocycles. The van der Waals surface area contributed by atoms with Gasteiger partial charge < -0.3 is 9.73 Å². The number of rotatable bonds is 5. The molecule has 7 heteroatoms. The number of benzene rings is 2. The highest BCUT2D eigenvalue weighted by Crippen LogP contribution is 2.43. The quantitative estimate of drug-likeness (QED) is 0.692. The molecule has 6 nitrogen and oxygen atoms in total. The van der Waals surface area contributed by atoms with Crippen LogP contribution in [-0.2, 0) is 21.4 Å². The van der Waals surface area contributed by atoms with Crippen molar-refractivity contribution < 1.29 is 17.6 Å². The third-order valence-corrected chi connectivity index (χ3v) is 6.85. The van der Waals surface area contributed by atoms with Crippen molar-refractivity contribution in [2.75, 3.05) is 10.8 Å². The van der Waals surface area contributed by atoms with Crippen LogP contribution in [0.2, 0.25) is 0 Å². The van der Waals surface area contributed by atoms with Crippen molar-refractivity contribution in [3.05, 3.63) is 72.2 Å². The molecule has 0 bridgehead atoms. The second-order valence-electron chi connectivity index (χ2n) is 7.30. The molecular weight excluding hydrogens is 388 g/mol. The number of nitrogens with zero attached hydrogens (tertiary/aromatic N) is 1. The van der Waals surface area contributed by atoms with Crippen LogP contribution in [0.1, 0.15) is 31.1 Å². The van der Waals surface area contributed by atoms with E-state index in [1.54, 1.807) is 30.3 Å². The van der Waals surface area contributed by atoms with Crippen LogP contribution in [0.4, 0.5) is 5.69 Å². The van der Waals surface area contributed by atoms with E-state index in [9.17, 15) is 13.2 Å². The summed E-state index contributed by atoms with van der Waals surface area (Å²) in [5.41, 5.74) is 3.11. The van der Waals surface area contributed by atoms with Gasteiger partial charge in [-0.05, 0) is 41.8 Å². The van der Waals surface area contributed by atoms with Gasteiger partial charge in [0, 0.05) is 11.1 Å². The molecule has 3 aromatic rings. The molecule has 0 saturated heterocycles. The normalized spacial score (nSPS) is 14.4. The van der Waals surface area contributed by atoms with Crippen molar-refractivity contribution in [3.63, 3.8) is 0 Å². The van der Waals surface area contributed by atoms with Gasteiger partial charge in [-0.15, -0.1) is 0 Å². The zero-order valence-corrected chi connectivity index (χ0v) is 17.1. The second-order valence-corrected chi connectivity index (χ2v) is 9.13. The van der Waals surface area contributed by atoms with E-state index in [2.05, 4.69) is 19.2 Å². The van der Waals surface area contributed by atoms with Gasteiger partial charge in [-0.3, -0.25) is 9.10 Å². The molecule has 1 aliphatic rings. The Labute approximate surface area is 170 Å². The molecule has 150 valence electrons. The summed E-state index contributed by atoms with van der Waals surface area (Å²) in [7, 11) is -3.85. The lowest BCUT2D eigenvalue weighted by atomic mass is 9.95. The molecule has 0 spiro atoms. The van der Waals surface area contributed by atoms with Crippen LogP contribution in [0.25, 0.3) is 11.1 Å². The lowest BCUT2D eigenvalue weighted by molar-refractivity contribution is -0.119. The van der Waals surface area contributed by atoms with E-state index in [4.69, 9.17) is 4.42 Å². The Balaban J connectivity index is 1.71. The van der Waals surface area contributed by atoms with E-state index in [0.717, 1.165) is 11.1 Å². The first-order valence-corrected chi connectivity index (χ1v) is 10.9. The Morgan fingerprint density at radius 3 is 2.59 bits per heavy atom. The van der Waals surface area contributed by atoms with Crippen LogP contribution in [0, 0.1) is 0 Å². The number of fused-ring (bicyclic) bond motifs is 3. The fourth-order valence-electron chi connectivity index (χ4n) is 3.46. The first-order chi connectivity index (χ1) is 13.9. The molecule has 1 aliphatic heterocycles. The predicted molar refractivity (Wildman–Crippen MR) is 111 cm³/mol. The minimum Gasteiger partial charge on any atom is -0.467 e. The molecule has 1 amide bonds. The molecule has 0 atom stereocenters. The number of furan rings is 1. The number of sulfonamides is 1. The zero-order chi connectivity index (χ0) is 20.6. The van der Waals surface area contributed by atoms with Crippen molar-refractivity contribution in [2.24, 2.45) is 0 Å². The Bertz CT molecular complexity index is 1150. The monoisotopic (exact) mass is 410 g/mol. The number of hydrogen-bond donors (Lipinski definition) is 1. The summed E-state index contributed by atoms with van der Waals surface area (Å²) in [6.45, 7) is 4.08. The lowest BCUT2D eigenvalue weighted by Gasteiger charge is -2.32. The summed E-state index contributed by atoms with van der Waals surface area (Å²) in [5.74, 6) is 0.506. The highest BCUT2D eigenvalue weighted by atomic mass is 32.2. The summed E-state index contributed by atoms with van der Waals surface area (Å²) < 4.78 is 33.0. The lowest BCUT2D eigenvalue weighted by Crippen LogP contribution is -2.42.